The van der Waals surface area contributed by atoms with Crippen LogP contribution in [0.15, 0.2) is 29.6 Å². The van der Waals surface area contributed by atoms with Gasteiger partial charge in [-0.15, -0.1) is 11.3 Å². The number of nitrogens with zero attached hydrogens (tertiary/aromatic N) is 1. The molecule has 2 rings (SSSR count). The summed E-state index contributed by atoms with van der Waals surface area (Å²) in [7, 11) is 0. The Balaban J connectivity index is 2.08. The van der Waals surface area contributed by atoms with E-state index in [2.05, 4.69) is 10.3 Å². The monoisotopic (exact) mass is 251 g/mol. The molecule has 0 aliphatic carbocycles. The highest BCUT2D eigenvalue weighted by Gasteiger charge is 2.08. The first kappa shape index (κ1) is 11.7. The van der Waals surface area contributed by atoms with E-state index in [1.54, 1.807) is 5.38 Å². The normalized spacial score (nSPS) is 10.2. The number of amides is 1. The molecule has 1 amide bonds. The van der Waals surface area contributed by atoms with Crippen LogP contribution in [0.5, 0.6) is 0 Å². The van der Waals surface area contributed by atoms with Gasteiger partial charge in [0.05, 0.1) is 5.69 Å². The summed E-state index contributed by atoms with van der Waals surface area (Å²) in [6, 6.07) is 5.31. The van der Waals surface area contributed by atoms with E-state index < -0.39 is 0 Å². The smallest absolute Gasteiger partial charge is 0.257 e. The number of carbonyl (C=O) groups excluding carboxylic acids is 1. The molecule has 0 saturated carbocycles. The number of nitrogens with two attached hydrogens (primary N) is 1. The minimum atomic E-state index is -0.374. The van der Waals surface area contributed by atoms with E-state index in [9.17, 15) is 9.18 Å². The molecule has 2 aromatic rings. The lowest BCUT2D eigenvalue weighted by molar-refractivity contribution is 0.102. The first-order valence-electron chi connectivity index (χ1n) is 4.90. The van der Waals surface area contributed by atoms with Crippen molar-refractivity contribution in [2.45, 2.75) is 6.54 Å². The quantitative estimate of drug-likeness (QED) is 0.876. The average Bonchev–Trinajstić information content (AvgIpc) is 2.77. The molecule has 0 aliphatic heterocycles. The highest BCUT2D eigenvalue weighted by molar-refractivity contribution is 7.13. The molecule has 0 atom stereocenters. The van der Waals surface area contributed by atoms with Crippen molar-refractivity contribution in [1.29, 1.82) is 0 Å². The van der Waals surface area contributed by atoms with Gasteiger partial charge >= 0.3 is 0 Å². The maximum Gasteiger partial charge on any atom is 0.257 e. The van der Waals surface area contributed by atoms with E-state index in [1.807, 2.05) is 0 Å². The van der Waals surface area contributed by atoms with Crippen LogP contribution in [0, 0.1) is 5.82 Å². The standard InChI is InChI=1S/C11H10FN3OS/c12-8-3-1-7(2-4-8)10(16)15-11-14-9(5-13)6-17-11/h1-4,6H,5,13H2,(H,14,15,16). The first-order valence-corrected chi connectivity index (χ1v) is 5.78. The predicted octanol–water partition coefficient (Wildman–Crippen LogP) is 1.99. The van der Waals surface area contributed by atoms with Crippen LogP contribution >= 0.6 is 11.3 Å². The summed E-state index contributed by atoms with van der Waals surface area (Å²) in [6.07, 6.45) is 0. The Hall–Kier alpha value is -1.79. The molecule has 0 unspecified atom stereocenters. The first-order chi connectivity index (χ1) is 8.19. The summed E-state index contributed by atoms with van der Waals surface area (Å²) in [4.78, 5) is 15.8. The molecule has 17 heavy (non-hydrogen) atoms. The van der Waals surface area contributed by atoms with E-state index >= 15 is 0 Å². The predicted molar refractivity (Wildman–Crippen MR) is 64.4 cm³/mol. The molecule has 0 spiro atoms. The number of anilines is 1. The van der Waals surface area contributed by atoms with E-state index in [0.717, 1.165) is 5.69 Å². The third kappa shape index (κ3) is 2.86. The molecule has 0 bridgehead atoms. The summed E-state index contributed by atoms with van der Waals surface area (Å²) in [5, 5.41) is 4.89. The molecule has 3 N–H and O–H groups in total. The maximum atomic E-state index is 12.7. The lowest BCUT2D eigenvalue weighted by Crippen LogP contribution is -2.11. The second-order valence-electron chi connectivity index (χ2n) is 3.31. The summed E-state index contributed by atoms with van der Waals surface area (Å²) >= 11 is 1.30. The summed E-state index contributed by atoms with van der Waals surface area (Å²) in [6.45, 7) is 0.336. The van der Waals surface area contributed by atoms with Crippen molar-refractivity contribution >= 4 is 22.4 Å². The molecule has 6 heteroatoms. The minimum Gasteiger partial charge on any atom is -0.325 e. The summed E-state index contributed by atoms with van der Waals surface area (Å²) in [5.74, 6) is -0.691. The van der Waals surface area contributed by atoms with Gasteiger partial charge in [-0.05, 0) is 24.3 Å². The van der Waals surface area contributed by atoms with E-state index in [-0.39, 0.29) is 11.7 Å². The second-order valence-corrected chi connectivity index (χ2v) is 4.17. The Morgan fingerprint density at radius 1 is 1.41 bits per heavy atom. The van der Waals surface area contributed by atoms with Crippen LogP contribution in [0.3, 0.4) is 0 Å². The molecule has 1 aromatic carbocycles. The van der Waals surface area contributed by atoms with E-state index in [4.69, 9.17) is 5.73 Å². The Morgan fingerprint density at radius 3 is 2.71 bits per heavy atom. The highest BCUT2D eigenvalue weighted by Crippen LogP contribution is 2.16. The van der Waals surface area contributed by atoms with E-state index in [0.29, 0.717) is 17.2 Å². The fourth-order valence-electron chi connectivity index (χ4n) is 1.23. The van der Waals surface area contributed by atoms with Crippen LogP contribution in [0.25, 0.3) is 0 Å². The number of benzene rings is 1. The molecule has 0 saturated heterocycles. The van der Waals surface area contributed by atoms with Crippen molar-refractivity contribution in [2.24, 2.45) is 5.73 Å². The number of aromatic nitrogens is 1. The maximum absolute atomic E-state index is 12.7. The van der Waals surface area contributed by atoms with Gasteiger partial charge in [0.25, 0.3) is 5.91 Å². The van der Waals surface area contributed by atoms with Gasteiger partial charge in [0.15, 0.2) is 5.13 Å². The van der Waals surface area contributed by atoms with Gasteiger partial charge < -0.3 is 5.73 Å². The van der Waals surface area contributed by atoms with Crippen molar-refractivity contribution in [1.82, 2.24) is 4.98 Å². The van der Waals surface area contributed by atoms with Gasteiger partial charge in [-0.25, -0.2) is 9.37 Å². The van der Waals surface area contributed by atoms with Gasteiger partial charge in [-0.1, -0.05) is 0 Å². The molecule has 88 valence electrons. The van der Waals surface area contributed by atoms with Crippen LogP contribution in [-0.2, 0) is 6.54 Å². The van der Waals surface area contributed by atoms with Crippen LogP contribution in [0.1, 0.15) is 16.1 Å². The third-order valence-electron chi connectivity index (χ3n) is 2.09. The van der Waals surface area contributed by atoms with Crippen molar-refractivity contribution in [3.8, 4) is 0 Å². The molecule has 1 heterocycles. The average molecular weight is 251 g/mol. The second kappa shape index (κ2) is 5.03. The summed E-state index contributed by atoms with van der Waals surface area (Å²) in [5.41, 5.74) is 6.52. The molecule has 0 radical (unpaired) electrons. The number of carbonyl (C=O) groups is 1. The zero-order valence-corrected chi connectivity index (χ0v) is 9.63. The molecule has 1 aromatic heterocycles. The van der Waals surface area contributed by atoms with E-state index in [1.165, 1.54) is 35.6 Å². The fourth-order valence-corrected chi connectivity index (χ4v) is 1.95. The van der Waals surface area contributed by atoms with Crippen LogP contribution in [0.4, 0.5) is 9.52 Å². The molecular weight excluding hydrogens is 241 g/mol. The van der Waals surface area contributed by atoms with Gasteiger partial charge in [0, 0.05) is 17.5 Å². The molecule has 4 nitrogen and oxygen atoms in total. The molecule has 0 fully saturated rings. The lowest BCUT2D eigenvalue weighted by atomic mass is 10.2. The zero-order chi connectivity index (χ0) is 12.3. The zero-order valence-electron chi connectivity index (χ0n) is 8.81. The molecule has 0 aliphatic rings. The number of halogens is 1. The number of thiazole rings is 1. The van der Waals surface area contributed by atoms with Gasteiger partial charge in [0.2, 0.25) is 0 Å². The largest absolute Gasteiger partial charge is 0.325 e. The topological polar surface area (TPSA) is 68.0 Å². The number of hydrogen-bond acceptors (Lipinski definition) is 4. The summed E-state index contributed by atoms with van der Waals surface area (Å²) < 4.78 is 12.7. The number of rotatable bonds is 3. The Bertz CT molecular complexity index is 524. The van der Waals surface area contributed by atoms with Crippen LogP contribution < -0.4 is 11.1 Å². The number of hydrogen-bond donors (Lipinski definition) is 2. The van der Waals surface area contributed by atoms with Crippen molar-refractivity contribution in [2.75, 3.05) is 5.32 Å². The Labute approximate surface area is 101 Å². The van der Waals surface area contributed by atoms with Crippen molar-refractivity contribution in [3.05, 3.63) is 46.7 Å². The Morgan fingerprint density at radius 2 is 2.12 bits per heavy atom. The van der Waals surface area contributed by atoms with Crippen LogP contribution in [0.2, 0.25) is 0 Å². The highest BCUT2D eigenvalue weighted by atomic mass is 32.1. The van der Waals surface area contributed by atoms with Crippen LogP contribution in [-0.4, -0.2) is 10.9 Å². The van der Waals surface area contributed by atoms with Crippen molar-refractivity contribution in [3.63, 3.8) is 0 Å². The fraction of sp³-hybridized carbons (Fsp3) is 0.0909. The van der Waals surface area contributed by atoms with Gasteiger partial charge in [-0.2, -0.15) is 0 Å². The lowest BCUT2D eigenvalue weighted by Gasteiger charge is -2.01. The third-order valence-corrected chi connectivity index (χ3v) is 2.89. The molecular formula is C11H10FN3OS. The minimum absolute atomic E-state index is 0.317. The Kier molecular flexibility index (Phi) is 3.46. The van der Waals surface area contributed by atoms with Gasteiger partial charge in [-0.3, -0.25) is 10.1 Å². The van der Waals surface area contributed by atoms with Gasteiger partial charge in [0.1, 0.15) is 5.82 Å². The number of nitrogens with one attached hydrogen (secondary N) is 1. The van der Waals surface area contributed by atoms with Crippen molar-refractivity contribution < 1.29 is 9.18 Å². The SMILES string of the molecule is NCc1csc(NC(=O)c2ccc(F)cc2)n1.